The van der Waals surface area contributed by atoms with E-state index in [1.807, 2.05) is 0 Å². The Morgan fingerprint density at radius 3 is 2.62 bits per heavy atom. The summed E-state index contributed by atoms with van der Waals surface area (Å²) in [6.45, 7) is 2.09. The number of amides is 1. The molecule has 0 radical (unpaired) electrons. The van der Waals surface area contributed by atoms with Crippen LogP contribution in [0, 0.1) is 0 Å². The van der Waals surface area contributed by atoms with Gasteiger partial charge >= 0.3 is 5.97 Å². The van der Waals surface area contributed by atoms with Crippen molar-refractivity contribution in [1.82, 2.24) is 5.32 Å². The van der Waals surface area contributed by atoms with Gasteiger partial charge < -0.3 is 10.4 Å². The van der Waals surface area contributed by atoms with Gasteiger partial charge in [-0.15, -0.1) is 11.6 Å². The quantitative estimate of drug-likeness (QED) is 0.697. The third-order valence-corrected chi connectivity index (χ3v) is 2.63. The predicted octanol–water partition coefficient (Wildman–Crippen LogP) is 1.53. The van der Waals surface area contributed by atoms with Crippen LogP contribution in [0.1, 0.15) is 13.3 Å². The molecule has 0 fully saturated rings. The molecule has 0 saturated heterocycles. The predicted molar refractivity (Wildman–Crippen MR) is 53.4 cm³/mol. The van der Waals surface area contributed by atoms with Crippen LogP contribution in [-0.2, 0) is 4.79 Å². The molecule has 0 aromatic heterocycles. The van der Waals surface area contributed by atoms with E-state index < -0.39 is 11.2 Å². The number of hydrogen-bond donors (Lipinski definition) is 2. The summed E-state index contributed by atoms with van der Waals surface area (Å²) in [4.78, 5) is 21.5. The van der Waals surface area contributed by atoms with Gasteiger partial charge in [-0.2, -0.15) is 0 Å². The van der Waals surface area contributed by atoms with Crippen molar-refractivity contribution in [3.05, 3.63) is 0 Å². The first-order chi connectivity index (χ1) is 6.11. The van der Waals surface area contributed by atoms with Crippen molar-refractivity contribution in [2.75, 3.05) is 12.4 Å². The number of carbonyl (C=O) groups is 2. The fourth-order valence-electron chi connectivity index (χ4n) is 0.629. The largest absolute Gasteiger partial charge is 0.480 e. The molecular weight excluding hydrogens is 214 g/mol. The molecule has 0 bridgehead atoms. The lowest BCUT2D eigenvalue weighted by molar-refractivity contribution is -0.136. The van der Waals surface area contributed by atoms with Gasteiger partial charge in [0, 0.05) is 12.4 Å². The molecule has 0 spiro atoms. The zero-order valence-electron chi connectivity index (χ0n) is 7.25. The summed E-state index contributed by atoms with van der Waals surface area (Å²) in [5.41, 5.74) is 0. The molecule has 0 aliphatic heterocycles. The average molecular weight is 226 g/mol. The normalized spacial score (nSPS) is 12.2. The zero-order valence-corrected chi connectivity index (χ0v) is 8.82. The second-order valence-corrected chi connectivity index (χ2v) is 3.81. The van der Waals surface area contributed by atoms with Gasteiger partial charge in [0.15, 0.2) is 0 Å². The van der Waals surface area contributed by atoms with Crippen LogP contribution in [0.2, 0.25) is 0 Å². The monoisotopic (exact) mass is 225 g/mol. The van der Waals surface area contributed by atoms with Crippen LogP contribution in [0.5, 0.6) is 0 Å². The Labute approximate surface area is 86.0 Å². The first-order valence-corrected chi connectivity index (χ1v) is 5.26. The fraction of sp³-hybridized carbons (Fsp3) is 0.714. The van der Waals surface area contributed by atoms with Gasteiger partial charge in [0.1, 0.15) is 5.25 Å². The van der Waals surface area contributed by atoms with Crippen molar-refractivity contribution in [3.63, 3.8) is 0 Å². The van der Waals surface area contributed by atoms with E-state index >= 15 is 0 Å². The van der Waals surface area contributed by atoms with E-state index in [9.17, 15) is 9.59 Å². The summed E-state index contributed by atoms with van der Waals surface area (Å²) in [6.07, 6.45) is 0.425. The maximum atomic E-state index is 11.0. The molecule has 0 aromatic carbocycles. The molecule has 0 aliphatic carbocycles. The third-order valence-electron chi connectivity index (χ3n) is 1.26. The SMILES string of the molecule is CCC(SC(=O)NCCCl)C(=O)O. The Bertz CT molecular complexity index is 189. The molecule has 1 amide bonds. The summed E-state index contributed by atoms with van der Waals surface area (Å²) in [5, 5.41) is 10.1. The van der Waals surface area contributed by atoms with Crippen molar-refractivity contribution in [2.45, 2.75) is 18.6 Å². The lowest BCUT2D eigenvalue weighted by atomic mass is 10.3. The molecule has 0 heterocycles. The van der Waals surface area contributed by atoms with Crippen LogP contribution < -0.4 is 5.32 Å². The molecule has 1 atom stereocenters. The minimum Gasteiger partial charge on any atom is -0.480 e. The van der Waals surface area contributed by atoms with Crippen LogP contribution in [-0.4, -0.2) is 34.0 Å². The summed E-state index contributed by atoms with van der Waals surface area (Å²) >= 11 is 6.12. The van der Waals surface area contributed by atoms with Gasteiger partial charge in [0.25, 0.3) is 5.24 Å². The molecule has 2 N–H and O–H groups in total. The minimum atomic E-state index is -0.964. The lowest BCUT2D eigenvalue weighted by Crippen LogP contribution is -2.26. The maximum absolute atomic E-state index is 11.0. The van der Waals surface area contributed by atoms with E-state index in [-0.39, 0.29) is 5.24 Å². The number of carboxylic acids is 1. The molecule has 0 rings (SSSR count). The van der Waals surface area contributed by atoms with E-state index in [4.69, 9.17) is 16.7 Å². The molecular formula is C7H12ClNO3S. The van der Waals surface area contributed by atoms with Crippen molar-refractivity contribution < 1.29 is 14.7 Å². The number of carbonyl (C=O) groups excluding carboxylic acids is 1. The molecule has 1 unspecified atom stereocenters. The van der Waals surface area contributed by atoms with Crippen LogP contribution >= 0.6 is 23.4 Å². The Kier molecular flexibility index (Phi) is 6.80. The highest BCUT2D eigenvalue weighted by Crippen LogP contribution is 2.15. The van der Waals surface area contributed by atoms with Crippen LogP contribution in [0.15, 0.2) is 0 Å². The number of alkyl halides is 1. The first kappa shape index (κ1) is 12.6. The standard InChI is InChI=1S/C7H12ClNO3S/c1-2-5(6(10)11)13-7(12)9-4-3-8/h5H,2-4H2,1H3,(H,9,12)(H,10,11). The van der Waals surface area contributed by atoms with Gasteiger partial charge in [-0.25, -0.2) is 0 Å². The van der Waals surface area contributed by atoms with E-state index in [0.29, 0.717) is 18.8 Å². The van der Waals surface area contributed by atoms with Gasteiger partial charge in [0.2, 0.25) is 0 Å². The van der Waals surface area contributed by atoms with Crippen molar-refractivity contribution >= 4 is 34.6 Å². The molecule has 0 saturated carbocycles. The third kappa shape index (κ3) is 5.76. The molecule has 76 valence electrons. The lowest BCUT2D eigenvalue weighted by Gasteiger charge is -2.08. The van der Waals surface area contributed by atoms with E-state index in [0.717, 1.165) is 11.8 Å². The van der Waals surface area contributed by atoms with Crippen LogP contribution in [0.3, 0.4) is 0 Å². The second-order valence-electron chi connectivity index (χ2n) is 2.26. The molecule has 4 nitrogen and oxygen atoms in total. The van der Waals surface area contributed by atoms with Gasteiger partial charge in [0.05, 0.1) is 0 Å². The van der Waals surface area contributed by atoms with Crippen molar-refractivity contribution in [1.29, 1.82) is 0 Å². The topological polar surface area (TPSA) is 66.4 Å². The molecule has 13 heavy (non-hydrogen) atoms. The minimum absolute atomic E-state index is 0.330. The van der Waals surface area contributed by atoms with Crippen LogP contribution in [0.25, 0.3) is 0 Å². The van der Waals surface area contributed by atoms with Gasteiger partial charge in [-0.1, -0.05) is 6.92 Å². The van der Waals surface area contributed by atoms with Crippen molar-refractivity contribution in [3.8, 4) is 0 Å². The fourth-order valence-corrected chi connectivity index (χ4v) is 1.43. The average Bonchev–Trinajstić information content (AvgIpc) is 2.10. The summed E-state index contributed by atoms with van der Waals surface area (Å²) < 4.78 is 0. The number of hydrogen-bond acceptors (Lipinski definition) is 3. The highest BCUT2D eigenvalue weighted by Gasteiger charge is 2.19. The summed E-state index contributed by atoms with van der Waals surface area (Å²) in [7, 11) is 0. The smallest absolute Gasteiger partial charge is 0.317 e. The summed E-state index contributed by atoms with van der Waals surface area (Å²) in [5.74, 6) is -0.635. The number of thioether (sulfide) groups is 1. The highest BCUT2D eigenvalue weighted by atomic mass is 35.5. The summed E-state index contributed by atoms with van der Waals surface area (Å²) in [6, 6.07) is 0. The second kappa shape index (κ2) is 7.03. The number of halogens is 1. The maximum Gasteiger partial charge on any atom is 0.317 e. The first-order valence-electron chi connectivity index (χ1n) is 3.85. The van der Waals surface area contributed by atoms with E-state index in [1.54, 1.807) is 6.92 Å². The Hall–Kier alpha value is -0.420. The Balaban J connectivity index is 3.80. The van der Waals surface area contributed by atoms with E-state index in [2.05, 4.69) is 5.32 Å². The number of aliphatic carboxylic acids is 1. The molecule has 6 heteroatoms. The number of nitrogens with one attached hydrogen (secondary N) is 1. The molecule has 0 aliphatic rings. The zero-order chi connectivity index (χ0) is 10.3. The Morgan fingerprint density at radius 1 is 1.62 bits per heavy atom. The van der Waals surface area contributed by atoms with Crippen molar-refractivity contribution in [2.24, 2.45) is 0 Å². The Morgan fingerprint density at radius 2 is 2.23 bits per heavy atom. The van der Waals surface area contributed by atoms with Crippen LogP contribution in [0.4, 0.5) is 4.79 Å². The molecule has 0 aromatic rings. The highest BCUT2D eigenvalue weighted by molar-refractivity contribution is 8.14. The van der Waals surface area contributed by atoms with E-state index in [1.165, 1.54) is 0 Å². The number of carboxylic acid groups (broad SMARTS) is 1. The van der Waals surface area contributed by atoms with Gasteiger partial charge in [-0.05, 0) is 18.2 Å². The van der Waals surface area contributed by atoms with Gasteiger partial charge in [-0.3, -0.25) is 9.59 Å². The number of rotatable bonds is 5.